The zero-order valence-electron chi connectivity index (χ0n) is 10.8. The molecule has 0 aliphatic heterocycles. The highest BCUT2D eigenvalue weighted by Crippen LogP contribution is 2.20. The second kappa shape index (κ2) is 4.73. The first-order valence-corrected chi connectivity index (χ1v) is 6.49. The van der Waals surface area contributed by atoms with Crippen LogP contribution in [0.5, 0.6) is 0 Å². The van der Waals surface area contributed by atoms with Gasteiger partial charge in [-0.15, -0.1) is 0 Å². The lowest BCUT2D eigenvalue weighted by Gasteiger charge is -2.05. The Hall–Kier alpha value is -2.35. The molecular weight excluding hydrogens is 234 g/mol. The molecule has 19 heavy (non-hydrogen) atoms. The number of hydrogen-bond acceptors (Lipinski definition) is 1. The topological polar surface area (TPSA) is 32.9 Å². The molecule has 2 nitrogen and oxygen atoms in total. The Morgan fingerprint density at radius 1 is 1.00 bits per heavy atom. The van der Waals surface area contributed by atoms with Crippen molar-refractivity contribution >= 4 is 10.9 Å². The normalized spacial score (nSPS) is 10.8. The van der Waals surface area contributed by atoms with E-state index in [0.717, 1.165) is 28.5 Å². The van der Waals surface area contributed by atoms with Crippen LogP contribution in [0.4, 0.5) is 0 Å². The smallest absolute Gasteiger partial charge is 0.256 e. The van der Waals surface area contributed by atoms with E-state index < -0.39 is 0 Å². The molecule has 0 unspecified atom stereocenters. The minimum atomic E-state index is -0.0389. The van der Waals surface area contributed by atoms with Gasteiger partial charge in [0.2, 0.25) is 0 Å². The van der Waals surface area contributed by atoms with E-state index in [1.807, 2.05) is 42.5 Å². The molecule has 1 aromatic heterocycles. The van der Waals surface area contributed by atoms with Crippen molar-refractivity contribution in [1.29, 1.82) is 0 Å². The van der Waals surface area contributed by atoms with Crippen molar-refractivity contribution in [3.8, 4) is 11.1 Å². The third-order valence-corrected chi connectivity index (χ3v) is 3.40. The van der Waals surface area contributed by atoms with Gasteiger partial charge >= 0.3 is 0 Å². The highest BCUT2D eigenvalue weighted by atomic mass is 16.1. The number of H-pyrrole nitrogens is 1. The molecule has 2 heteroatoms. The van der Waals surface area contributed by atoms with Crippen LogP contribution in [0.2, 0.25) is 0 Å². The van der Waals surface area contributed by atoms with Crippen molar-refractivity contribution in [2.45, 2.75) is 13.3 Å². The maximum atomic E-state index is 12.1. The second-order valence-electron chi connectivity index (χ2n) is 4.65. The maximum Gasteiger partial charge on any atom is 0.256 e. The van der Waals surface area contributed by atoms with Gasteiger partial charge in [-0.05, 0) is 41.1 Å². The lowest BCUT2D eigenvalue weighted by molar-refractivity contribution is 1.14. The molecule has 0 aliphatic rings. The summed E-state index contributed by atoms with van der Waals surface area (Å²) in [5, 5.41) is 1.08. The highest BCUT2D eigenvalue weighted by Gasteiger charge is 2.05. The summed E-state index contributed by atoms with van der Waals surface area (Å²) in [5.74, 6) is 0. The van der Waals surface area contributed by atoms with Gasteiger partial charge in [0, 0.05) is 11.1 Å². The average Bonchev–Trinajstić information content (AvgIpc) is 2.47. The predicted molar refractivity (Wildman–Crippen MR) is 79.4 cm³/mol. The number of nitrogens with one attached hydrogen (secondary N) is 1. The van der Waals surface area contributed by atoms with Crippen LogP contribution in [0.1, 0.15) is 12.5 Å². The number of pyridine rings is 1. The Labute approximate surface area is 111 Å². The van der Waals surface area contributed by atoms with Crippen LogP contribution in [-0.2, 0) is 6.42 Å². The van der Waals surface area contributed by atoms with Gasteiger partial charge in [-0.1, -0.05) is 43.3 Å². The monoisotopic (exact) mass is 249 g/mol. The van der Waals surface area contributed by atoms with E-state index in [1.165, 1.54) is 5.56 Å². The Balaban J connectivity index is 2.26. The maximum absolute atomic E-state index is 12.1. The van der Waals surface area contributed by atoms with E-state index in [2.05, 4.69) is 24.0 Å². The molecule has 0 saturated carbocycles. The van der Waals surface area contributed by atoms with E-state index in [4.69, 9.17) is 0 Å². The predicted octanol–water partition coefficient (Wildman–Crippen LogP) is 3.76. The van der Waals surface area contributed by atoms with E-state index in [9.17, 15) is 4.79 Å². The van der Waals surface area contributed by atoms with Gasteiger partial charge in [-0.25, -0.2) is 0 Å². The van der Waals surface area contributed by atoms with E-state index in [1.54, 1.807) is 0 Å². The molecule has 0 atom stereocenters. The molecule has 2 aromatic carbocycles. The molecule has 94 valence electrons. The highest BCUT2D eigenvalue weighted by molar-refractivity contribution is 5.84. The van der Waals surface area contributed by atoms with Gasteiger partial charge in [0.25, 0.3) is 5.56 Å². The molecular formula is C17H15NO. The van der Waals surface area contributed by atoms with Crippen LogP contribution in [0, 0.1) is 0 Å². The van der Waals surface area contributed by atoms with Gasteiger partial charge in [0.05, 0.1) is 0 Å². The Bertz CT molecular complexity index is 772. The van der Waals surface area contributed by atoms with Crippen molar-refractivity contribution < 1.29 is 0 Å². The largest absolute Gasteiger partial charge is 0.321 e. The zero-order chi connectivity index (χ0) is 13.2. The third-order valence-electron chi connectivity index (χ3n) is 3.40. The van der Waals surface area contributed by atoms with E-state index in [0.29, 0.717) is 0 Å². The number of aromatic amines is 1. The molecule has 0 radical (unpaired) electrons. The van der Waals surface area contributed by atoms with Gasteiger partial charge in [0.1, 0.15) is 0 Å². The van der Waals surface area contributed by atoms with Crippen molar-refractivity contribution in [2.24, 2.45) is 0 Å². The molecule has 3 aromatic rings. The summed E-state index contributed by atoms with van der Waals surface area (Å²) in [6, 6.07) is 17.9. The van der Waals surface area contributed by atoms with Gasteiger partial charge in [-0.2, -0.15) is 0 Å². The number of benzene rings is 2. The number of hydrogen-bond donors (Lipinski definition) is 1. The first-order chi connectivity index (χ1) is 9.28. The Morgan fingerprint density at radius 3 is 2.53 bits per heavy atom. The van der Waals surface area contributed by atoms with Crippen LogP contribution in [-0.4, -0.2) is 4.98 Å². The lowest BCUT2D eigenvalue weighted by atomic mass is 10.0. The number of aromatic nitrogens is 1. The number of rotatable bonds is 2. The summed E-state index contributed by atoms with van der Waals surface area (Å²) < 4.78 is 0. The van der Waals surface area contributed by atoms with Crippen molar-refractivity contribution in [2.75, 3.05) is 0 Å². The number of aryl methyl sites for hydroxylation is 1. The molecule has 0 saturated heterocycles. The van der Waals surface area contributed by atoms with Crippen molar-refractivity contribution in [1.82, 2.24) is 4.98 Å². The molecule has 0 fully saturated rings. The van der Waals surface area contributed by atoms with E-state index in [-0.39, 0.29) is 5.56 Å². The van der Waals surface area contributed by atoms with Gasteiger partial charge < -0.3 is 4.98 Å². The Kier molecular flexibility index (Phi) is 2.92. The van der Waals surface area contributed by atoms with Crippen LogP contribution >= 0.6 is 0 Å². The Morgan fingerprint density at radius 2 is 1.79 bits per heavy atom. The van der Waals surface area contributed by atoms with Crippen LogP contribution in [0.15, 0.2) is 59.4 Å². The molecule has 0 spiro atoms. The standard InChI is InChI=1S/C17H15NO/c1-2-12-8-9-16-14(10-12)11-15(17(19)18-16)13-6-4-3-5-7-13/h3-11H,2H2,1H3,(H,18,19). The van der Waals surface area contributed by atoms with Crippen LogP contribution in [0.3, 0.4) is 0 Å². The summed E-state index contributed by atoms with van der Waals surface area (Å²) in [6.07, 6.45) is 0.996. The fourth-order valence-electron chi connectivity index (χ4n) is 2.31. The summed E-state index contributed by atoms with van der Waals surface area (Å²) in [7, 11) is 0. The minimum Gasteiger partial charge on any atom is -0.321 e. The summed E-state index contributed by atoms with van der Waals surface area (Å²) >= 11 is 0. The molecule has 0 bridgehead atoms. The molecule has 1 N–H and O–H groups in total. The first-order valence-electron chi connectivity index (χ1n) is 6.49. The van der Waals surface area contributed by atoms with Gasteiger partial charge in [-0.3, -0.25) is 4.79 Å². The average molecular weight is 249 g/mol. The quantitative estimate of drug-likeness (QED) is 0.737. The summed E-state index contributed by atoms with van der Waals surface area (Å²) in [4.78, 5) is 15.1. The molecule has 1 heterocycles. The lowest BCUT2D eigenvalue weighted by Crippen LogP contribution is -2.08. The summed E-state index contributed by atoms with van der Waals surface area (Å²) in [6.45, 7) is 2.13. The number of fused-ring (bicyclic) bond motifs is 1. The molecule has 0 amide bonds. The molecule has 3 rings (SSSR count). The fraction of sp³-hybridized carbons (Fsp3) is 0.118. The van der Waals surface area contributed by atoms with Crippen molar-refractivity contribution in [3.05, 3.63) is 70.5 Å². The van der Waals surface area contributed by atoms with E-state index >= 15 is 0 Å². The fourth-order valence-corrected chi connectivity index (χ4v) is 2.31. The second-order valence-corrected chi connectivity index (χ2v) is 4.65. The molecule has 0 aliphatic carbocycles. The summed E-state index contributed by atoms with van der Waals surface area (Å²) in [5.41, 5.74) is 3.80. The zero-order valence-corrected chi connectivity index (χ0v) is 10.8. The third kappa shape index (κ3) is 2.17. The van der Waals surface area contributed by atoms with Gasteiger partial charge in [0.15, 0.2) is 0 Å². The van der Waals surface area contributed by atoms with Crippen molar-refractivity contribution in [3.63, 3.8) is 0 Å². The first kappa shape index (κ1) is 11.7. The van der Waals surface area contributed by atoms with Crippen LogP contribution < -0.4 is 5.56 Å². The van der Waals surface area contributed by atoms with Crippen LogP contribution in [0.25, 0.3) is 22.0 Å². The SMILES string of the molecule is CCc1ccc2[nH]c(=O)c(-c3ccccc3)cc2c1. The minimum absolute atomic E-state index is 0.0389.